The molecule has 0 aliphatic carbocycles. The third-order valence-electron chi connectivity index (χ3n) is 7.16. The Hall–Kier alpha value is -1.99. The van der Waals surface area contributed by atoms with Crippen molar-refractivity contribution in [2.24, 2.45) is 9.98 Å². The van der Waals surface area contributed by atoms with Crippen LogP contribution >= 0.6 is 0 Å². The van der Waals surface area contributed by atoms with Crippen molar-refractivity contribution in [1.82, 2.24) is 0 Å². The molecule has 2 aromatic carbocycles. The van der Waals surface area contributed by atoms with Gasteiger partial charge in [0, 0.05) is 16.5 Å². The van der Waals surface area contributed by atoms with Crippen molar-refractivity contribution in [3.63, 3.8) is 0 Å². The van der Waals surface area contributed by atoms with Crippen molar-refractivity contribution < 1.29 is 16.5 Å². The normalized spacial score (nSPS) is 11.9. The molecule has 0 N–H and O–H groups in total. The molecular weight excluding hydrogens is 519 g/mol. The Bertz CT molecular complexity index is 979. The average molecular weight is 574 g/mol. The van der Waals surface area contributed by atoms with E-state index in [1.807, 2.05) is 6.08 Å². The molecule has 0 aromatic heterocycles. The number of unbranched alkanes of at least 4 members (excludes halogenated alkanes) is 6. The van der Waals surface area contributed by atoms with Crippen LogP contribution in [0.2, 0.25) is 0 Å². The Morgan fingerprint density at radius 2 is 1.26 bits per heavy atom. The van der Waals surface area contributed by atoms with Gasteiger partial charge in [-0.1, -0.05) is 90.1 Å². The van der Waals surface area contributed by atoms with Crippen molar-refractivity contribution in [1.29, 1.82) is 0 Å². The minimum Gasteiger partial charge on any atom is -0.252 e. The number of benzene rings is 2. The van der Waals surface area contributed by atoms with Gasteiger partial charge in [0.25, 0.3) is 0 Å². The Morgan fingerprint density at radius 1 is 0.667 bits per heavy atom. The van der Waals surface area contributed by atoms with E-state index >= 15 is 0 Å². The van der Waals surface area contributed by atoms with Crippen molar-refractivity contribution in [2.75, 3.05) is 0 Å². The van der Waals surface area contributed by atoms with Gasteiger partial charge in [0.05, 0.1) is 22.8 Å². The van der Waals surface area contributed by atoms with Gasteiger partial charge in [-0.25, -0.2) is 0 Å². The second-order valence-electron chi connectivity index (χ2n) is 10.7. The van der Waals surface area contributed by atoms with E-state index in [4.69, 9.17) is 9.98 Å². The smallest absolute Gasteiger partial charge is 0.0665 e. The molecule has 0 saturated carbocycles. The molecular formula is C36H54N2Ni. The van der Waals surface area contributed by atoms with Crippen LogP contribution < -0.4 is 0 Å². The van der Waals surface area contributed by atoms with Crippen molar-refractivity contribution >= 4 is 22.8 Å². The second kappa shape index (κ2) is 21.8. The molecule has 3 heteroatoms. The van der Waals surface area contributed by atoms with E-state index in [-0.39, 0.29) is 16.5 Å². The molecule has 0 saturated heterocycles. The summed E-state index contributed by atoms with van der Waals surface area (Å²) in [7, 11) is 0. The van der Waals surface area contributed by atoms with Crippen molar-refractivity contribution in [2.45, 2.75) is 130 Å². The summed E-state index contributed by atoms with van der Waals surface area (Å²) in [5.74, 6) is 0. The van der Waals surface area contributed by atoms with E-state index in [0.29, 0.717) is 0 Å². The first-order valence-corrected chi connectivity index (χ1v) is 15.6. The summed E-state index contributed by atoms with van der Waals surface area (Å²) in [6.07, 6.45) is 20.3. The van der Waals surface area contributed by atoms with Gasteiger partial charge in [-0.05, 0) is 106 Å². The van der Waals surface area contributed by atoms with Gasteiger partial charge in [-0.3, -0.25) is 9.98 Å². The van der Waals surface area contributed by atoms with Crippen molar-refractivity contribution in [3.8, 4) is 0 Å². The van der Waals surface area contributed by atoms with Gasteiger partial charge in [0.1, 0.15) is 0 Å². The van der Waals surface area contributed by atoms with E-state index in [9.17, 15) is 0 Å². The first-order valence-electron chi connectivity index (χ1n) is 15.6. The average Bonchev–Trinajstić information content (AvgIpc) is 2.93. The fourth-order valence-corrected chi connectivity index (χ4v) is 4.84. The van der Waals surface area contributed by atoms with Crippen LogP contribution in [0.5, 0.6) is 0 Å². The molecule has 0 atom stereocenters. The maximum absolute atomic E-state index is 5.39. The van der Waals surface area contributed by atoms with Gasteiger partial charge in [0.2, 0.25) is 0 Å². The van der Waals surface area contributed by atoms with Crippen LogP contribution in [-0.4, -0.2) is 11.4 Å². The summed E-state index contributed by atoms with van der Waals surface area (Å²) < 4.78 is 0. The fourth-order valence-electron chi connectivity index (χ4n) is 4.84. The monoisotopic (exact) mass is 572 g/mol. The minimum atomic E-state index is 0. The van der Waals surface area contributed by atoms with E-state index < -0.39 is 0 Å². The molecule has 0 amide bonds. The predicted molar refractivity (Wildman–Crippen MR) is 171 cm³/mol. The molecule has 0 fully saturated rings. The van der Waals surface area contributed by atoms with Crippen LogP contribution in [0.3, 0.4) is 0 Å². The van der Waals surface area contributed by atoms with Gasteiger partial charge in [-0.2, -0.15) is 0 Å². The van der Waals surface area contributed by atoms with Crippen LogP contribution in [0.1, 0.15) is 128 Å². The minimum absolute atomic E-state index is 0. The number of aryl methyl sites for hydroxylation is 3. The zero-order valence-corrected chi connectivity index (χ0v) is 26.3. The maximum atomic E-state index is 5.39. The standard InChI is InChI=1S/C36H54N2.Ni/c1-6-11-16-22-32-23-18-19-25-34(32)38-36(26-17-12-7-2)35(24-15-10-5)37-33-28-30(20-13-8-3)27-31(29-33)21-14-9-4;/h6,18-19,23,25,27-29H,1,7-17,20-22,24,26H2,2-5H3;/b37-35+,38-36+;. The van der Waals surface area contributed by atoms with E-state index in [1.165, 1.54) is 66.6 Å². The SMILES string of the molecule is C=CCCCc1ccccc1/N=C(CCCCC)/C(CCCC)=N/c1cc(CCCC)cc(CCCC)c1.[Ni]. The van der Waals surface area contributed by atoms with Gasteiger partial charge >= 0.3 is 0 Å². The molecule has 0 bridgehead atoms. The van der Waals surface area contributed by atoms with Gasteiger partial charge in [-0.15, -0.1) is 6.58 Å². The molecule has 2 nitrogen and oxygen atoms in total. The summed E-state index contributed by atoms with van der Waals surface area (Å²) in [6.45, 7) is 13.0. The third-order valence-corrected chi connectivity index (χ3v) is 7.16. The number of hydrogen-bond acceptors (Lipinski definition) is 2. The Balaban J connectivity index is 0.00000760. The number of para-hydroxylation sites is 1. The topological polar surface area (TPSA) is 24.7 Å². The number of allylic oxidation sites excluding steroid dienone is 1. The van der Waals surface area contributed by atoms with Crippen LogP contribution in [0.25, 0.3) is 0 Å². The molecule has 2 rings (SSSR count). The summed E-state index contributed by atoms with van der Waals surface area (Å²) in [4.78, 5) is 10.7. The Morgan fingerprint density at radius 3 is 1.87 bits per heavy atom. The molecule has 0 spiro atoms. The summed E-state index contributed by atoms with van der Waals surface area (Å²) in [5.41, 5.74) is 8.83. The molecule has 0 unspecified atom stereocenters. The third kappa shape index (κ3) is 13.8. The van der Waals surface area contributed by atoms with E-state index in [0.717, 1.165) is 75.6 Å². The van der Waals surface area contributed by atoms with E-state index in [1.54, 1.807) is 0 Å². The molecule has 0 aliphatic heterocycles. The predicted octanol–water partition coefficient (Wildman–Crippen LogP) is 11.5. The molecule has 0 aliphatic rings. The molecule has 2 aromatic rings. The second-order valence-corrected chi connectivity index (χ2v) is 10.7. The van der Waals surface area contributed by atoms with Gasteiger partial charge < -0.3 is 0 Å². The molecule has 0 radical (unpaired) electrons. The summed E-state index contributed by atoms with van der Waals surface area (Å²) in [5, 5.41) is 0. The quantitative estimate of drug-likeness (QED) is 0.0652. The number of hydrogen-bond donors (Lipinski definition) is 0. The zero-order chi connectivity index (χ0) is 27.4. The Labute approximate surface area is 250 Å². The fraction of sp³-hybridized carbons (Fsp3) is 0.556. The molecule has 0 heterocycles. The first-order chi connectivity index (χ1) is 18.6. The van der Waals surface area contributed by atoms with Gasteiger partial charge in [0.15, 0.2) is 0 Å². The van der Waals surface area contributed by atoms with E-state index in [2.05, 4.69) is 76.7 Å². The molecule has 39 heavy (non-hydrogen) atoms. The van der Waals surface area contributed by atoms with Crippen LogP contribution in [-0.2, 0) is 35.8 Å². The number of aliphatic imine (C=N–C) groups is 2. The van der Waals surface area contributed by atoms with Crippen LogP contribution in [0, 0.1) is 0 Å². The maximum Gasteiger partial charge on any atom is 0.0665 e. The number of rotatable bonds is 20. The zero-order valence-electron chi connectivity index (χ0n) is 25.4. The number of nitrogens with zero attached hydrogens (tertiary/aromatic N) is 2. The van der Waals surface area contributed by atoms with Crippen molar-refractivity contribution in [3.05, 3.63) is 71.8 Å². The van der Waals surface area contributed by atoms with Crippen LogP contribution in [0.15, 0.2) is 65.1 Å². The van der Waals surface area contributed by atoms with Crippen LogP contribution in [0.4, 0.5) is 11.4 Å². The molecule has 218 valence electrons. The largest absolute Gasteiger partial charge is 0.252 e. The Kier molecular flexibility index (Phi) is 19.6. The summed E-state index contributed by atoms with van der Waals surface area (Å²) >= 11 is 0. The summed E-state index contributed by atoms with van der Waals surface area (Å²) in [6, 6.07) is 15.8. The first kappa shape index (κ1) is 35.0.